The minimum atomic E-state index is -0.857. The lowest BCUT2D eigenvalue weighted by molar-refractivity contribution is -0.132. The van der Waals surface area contributed by atoms with Crippen LogP contribution < -0.4 is 10.7 Å². The van der Waals surface area contributed by atoms with E-state index in [1.54, 1.807) is 32.2 Å². The second-order valence-corrected chi connectivity index (χ2v) is 5.46. The maximum absolute atomic E-state index is 12.5. The van der Waals surface area contributed by atoms with Crippen LogP contribution in [0, 0.1) is 0 Å². The summed E-state index contributed by atoms with van der Waals surface area (Å²) in [7, 11) is 0. The summed E-state index contributed by atoms with van der Waals surface area (Å²) < 4.78 is 0. The lowest BCUT2D eigenvalue weighted by Crippen LogP contribution is -2.50. The molecule has 1 aliphatic rings. The van der Waals surface area contributed by atoms with Crippen molar-refractivity contribution in [3.8, 4) is 0 Å². The van der Waals surface area contributed by atoms with Gasteiger partial charge in [0.15, 0.2) is 5.11 Å². The standard InChI is InChI=1S/C15H19N5O3S/c1-3-17-12(21)8-11-14(23)19(4-2)15(24)20(11)18-13(22)10-6-5-7-16-9-10/h5-7,9,11H,3-4,8H2,1-2H3,(H,17,21)(H,18,22)/t11-/m1/s1. The van der Waals surface area contributed by atoms with E-state index >= 15 is 0 Å². The Morgan fingerprint density at radius 2 is 2.12 bits per heavy atom. The topological polar surface area (TPSA) is 94.6 Å². The van der Waals surface area contributed by atoms with Crippen molar-refractivity contribution in [2.45, 2.75) is 26.3 Å². The van der Waals surface area contributed by atoms with E-state index in [1.165, 1.54) is 16.1 Å². The van der Waals surface area contributed by atoms with Gasteiger partial charge in [-0.1, -0.05) is 0 Å². The highest BCUT2D eigenvalue weighted by molar-refractivity contribution is 7.80. The molecule has 0 bridgehead atoms. The van der Waals surface area contributed by atoms with E-state index in [1.807, 2.05) is 0 Å². The molecule has 128 valence electrons. The molecule has 0 aliphatic carbocycles. The van der Waals surface area contributed by atoms with Gasteiger partial charge in [-0.05, 0) is 38.2 Å². The van der Waals surface area contributed by atoms with E-state index in [-0.39, 0.29) is 23.3 Å². The van der Waals surface area contributed by atoms with Crippen LogP contribution in [0.4, 0.5) is 0 Å². The Labute approximate surface area is 145 Å². The van der Waals surface area contributed by atoms with E-state index in [9.17, 15) is 14.4 Å². The molecule has 1 saturated heterocycles. The minimum absolute atomic E-state index is 0.0867. The van der Waals surface area contributed by atoms with Crippen LogP contribution in [0.25, 0.3) is 0 Å². The maximum atomic E-state index is 12.5. The van der Waals surface area contributed by atoms with Crippen molar-refractivity contribution in [1.29, 1.82) is 0 Å². The molecule has 1 aromatic heterocycles. The Balaban J connectivity index is 2.19. The molecule has 9 heteroatoms. The number of thiocarbonyl (C=S) groups is 1. The van der Waals surface area contributed by atoms with Crippen LogP contribution in [0.1, 0.15) is 30.6 Å². The number of hydrogen-bond acceptors (Lipinski definition) is 5. The monoisotopic (exact) mass is 349 g/mol. The summed E-state index contributed by atoms with van der Waals surface area (Å²) in [5.74, 6) is -1.03. The first-order chi connectivity index (χ1) is 11.5. The molecule has 8 nitrogen and oxygen atoms in total. The number of nitrogens with one attached hydrogen (secondary N) is 2. The smallest absolute Gasteiger partial charge is 0.271 e. The molecule has 2 N–H and O–H groups in total. The largest absolute Gasteiger partial charge is 0.356 e. The van der Waals surface area contributed by atoms with Crippen molar-refractivity contribution < 1.29 is 14.4 Å². The summed E-state index contributed by atoms with van der Waals surface area (Å²) in [6, 6.07) is 2.37. The number of pyridine rings is 1. The predicted molar refractivity (Wildman–Crippen MR) is 90.6 cm³/mol. The first-order valence-corrected chi connectivity index (χ1v) is 8.02. The maximum Gasteiger partial charge on any atom is 0.271 e. The van der Waals surface area contributed by atoms with Gasteiger partial charge in [0.2, 0.25) is 5.91 Å². The number of hydrogen-bond donors (Lipinski definition) is 2. The summed E-state index contributed by atoms with van der Waals surface area (Å²) in [6.45, 7) is 4.39. The lowest BCUT2D eigenvalue weighted by Gasteiger charge is -2.24. The Morgan fingerprint density at radius 3 is 2.71 bits per heavy atom. The number of hydrazine groups is 1. The molecule has 0 aromatic carbocycles. The molecule has 0 spiro atoms. The van der Waals surface area contributed by atoms with Crippen molar-refractivity contribution in [1.82, 2.24) is 25.6 Å². The summed E-state index contributed by atoms with van der Waals surface area (Å²) in [5, 5.41) is 4.10. The van der Waals surface area contributed by atoms with Gasteiger partial charge in [-0.2, -0.15) is 0 Å². The molecular formula is C15H19N5O3S. The number of nitrogens with zero attached hydrogens (tertiary/aromatic N) is 3. The summed E-state index contributed by atoms with van der Waals surface area (Å²) in [6.07, 6.45) is 2.88. The molecule has 1 atom stereocenters. The molecular weight excluding hydrogens is 330 g/mol. The van der Waals surface area contributed by atoms with Gasteiger partial charge in [0.05, 0.1) is 12.0 Å². The highest BCUT2D eigenvalue weighted by atomic mass is 32.1. The van der Waals surface area contributed by atoms with E-state index in [4.69, 9.17) is 12.2 Å². The second-order valence-electron chi connectivity index (χ2n) is 5.09. The van der Waals surface area contributed by atoms with Crippen LogP contribution in [0.3, 0.4) is 0 Å². The zero-order valence-corrected chi connectivity index (χ0v) is 14.3. The van der Waals surface area contributed by atoms with Gasteiger partial charge >= 0.3 is 0 Å². The molecule has 2 rings (SSSR count). The number of carbonyl (C=O) groups is 3. The number of aromatic nitrogens is 1. The average Bonchev–Trinajstić information content (AvgIpc) is 2.79. The fourth-order valence-electron chi connectivity index (χ4n) is 2.36. The van der Waals surface area contributed by atoms with E-state index in [2.05, 4.69) is 15.7 Å². The second kappa shape index (κ2) is 7.82. The third-order valence-electron chi connectivity index (χ3n) is 3.51. The Morgan fingerprint density at radius 1 is 1.38 bits per heavy atom. The third-order valence-corrected chi connectivity index (χ3v) is 3.93. The predicted octanol–water partition coefficient (Wildman–Crippen LogP) is 0.0702. The van der Waals surface area contributed by atoms with Gasteiger partial charge in [0, 0.05) is 25.5 Å². The van der Waals surface area contributed by atoms with Gasteiger partial charge in [-0.25, -0.2) is 5.01 Å². The van der Waals surface area contributed by atoms with Crippen molar-refractivity contribution >= 4 is 35.1 Å². The van der Waals surface area contributed by atoms with Gasteiger partial charge in [0.25, 0.3) is 11.8 Å². The van der Waals surface area contributed by atoms with Gasteiger partial charge in [0.1, 0.15) is 6.04 Å². The first kappa shape index (κ1) is 17.8. The van der Waals surface area contributed by atoms with E-state index < -0.39 is 11.9 Å². The van der Waals surface area contributed by atoms with Crippen molar-refractivity contribution in [3.05, 3.63) is 30.1 Å². The summed E-state index contributed by atoms with van der Waals surface area (Å²) >= 11 is 5.27. The molecule has 0 unspecified atom stereocenters. The molecule has 1 aromatic rings. The third kappa shape index (κ3) is 3.67. The molecule has 1 aliphatic heterocycles. The van der Waals surface area contributed by atoms with E-state index in [0.29, 0.717) is 18.7 Å². The van der Waals surface area contributed by atoms with Gasteiger partial charge in [-0.3, -0.25) is 29.7 Å². The number of carbonyl (C=O) groups excluding carboxylic acids is 3. The van der Waals surface area contributed by atoms with Crippen molar-refractivity contribution in [2.24, 2.45) is 0 Å². The fourth-order valence-corrected chi connectivity index (χ4v) is 2.75. The zero-order valence-electron chi connectivity index (χ0n) is 13.5. The Kier molecular flexibility index (Phi) is 5.80. The molecule has 2 heterocycles. The molecule has 0 saturated carbocycles. The minimum Gasteiger partial charge on any atom is -0.356 e. The molecule has 1 fully saturated rings. The summed E-state index contributed by atoms with van der Waals surface area (Å²) in [5.41, 5.74) is 2.94. The number of amides is 3. The van der Waals surface area contributed by atoms with Crippen LogP contribution in [0.15, 0.2) is 24.5 Å². The Bertz CT molecular complexity index is 652. The van der Waals surface area contributed by atoms with Crippen molar-refractivity contribution in [2.75, 3.05) is 13.1 Å². The van der Waals surface area contributed by atoms with Crippen molar-refractivity contribution in [3.63, 3.8) is 0 Å². The number of rotatable bonds is 6. The SMILES string of the molecule is CCNC(=O)C[C@@H]1C(=O)N(CC)C(=S)N1NC(=O)c1cccnc1. The summed E-state index contributed by atoms with van der Waals surface area (Å²) in [4.78, 5) is 41.9. The molecule has 0 radical (unpaired) electrons. The van der Waals surface area contributed by atoms with Crippen LogP contribution in [0.2, 0.25) is 0 Å². The van der Waals surface area contributed by atoms with Crippen LogP contribution in [-0.2, 0) is 9.59 Å². The van der Waals surface area contributed by atoms with Crippen LogP contribution in [-0.4, -0.2) is 56.9 Å². The molecule has 24 heavy (non-hydrogen) atoms. The van der Waals surface area contributed by atoms with Crippen LogP contribution >= 0.6 is 12.2 Å². The highest BCUT2D eigenvalue weighted by Gasteiger charge is 2.43. The lowest BCUT2D eigenvalue weighted by atomic mass is 10.2. The number of likely N-dealkylation sites (N-methyl/N-ethyl adjacent to an activating group) is 1. The molecule has 3 amide bonds. The quantitative estimate of drug-likeness (QED) is 0.706. The fraction of sp³-hybridized carbons (Fsp3) is 0.400. The van der Waals surface area contributed by atoms with E-state index in [0.717, 1.165) is 0 Å². The normalized spacial score (nSPS) is 17.2. The zero-order chi connectivity index (χ0) is 17.7. The van der Waals surface area contributed by atoms with Gasteiger partial charge < -0.3 is 5.32 Å². The average molecular weight is 349 g/mol. The van der Waals surface area contributed by atoms with Gasteiger partial charge in [-0.15, -0.1) is 0 Å². The highest BCUT2D eigenvalue weighted by Crippen LogP contribution is 2.19. The Hall–Kier alpha value is -2.55. The van der Waals surface area contributed by atoms with Crippen LogP contribution in [0.5, 0.6) is 0 Å². The first-order valence-electron chi connectivity index (χ1n) is 7.61.